The molecule has 0 aromatic heterocycles. The third-order valence-corrected chi connectivity index (χ3v) is 2.41. The van der Waals surface area contributed by atoms with Gasteiger partial charge in [0.25, 0.3) is 0 Å². The molecule has 0 heterocycles. The average Bonchev–Trinajstić information content (AvgIpc) is 2.43. The van der Waals surface area contributed by atoms with Crippen molar-refractivity contribution in [2.75, 3.05) is 6.61 Å². The fourth-order valence-corrected chi connectivity index (χ4v) is 1.30. The number of rotatable bonds is 7. The number of carboxylic acid groups (broad SMARTS) is 1. The van der Waals surface area contributed by atoms with Gasteiger partial charge in [0.15, 0.2) is 6.61 Å². The quantitative estimate of drug-likeness (QED) is 0.344. The van der Waals surface area contributed by atoms with Gasteiger partial charge in [0, 0.05) is 0 Å². The van der Waals surface area contributed by atoms with Gasteiger partial charge in [-0.05, 0) is 24.3 Å². The molecule has 20 heavy (non-hydrogen) atoms. The van der Waals surface area contributed by atoms with E-state index in [1.165, 1.54) is 0 Å². The molecule has 0 amide bonds. The summed E-state index contributed by atoms with van der Waals surface area (Å²) in [6, 6.07) is 4.49. The van der Waals surface area contributed by atoms with Crippen LogP contribution < -0.4 is 5.26 Å². The van der Waals surface area contributed by atoms with Crippen LogP contribution in [0.25, 0.3) is 0 Å². The molecule has 0 aliphatic carbocycles. The van der Waals surface area contributed by atoms with Gasteiger partial charge >= 0.3 is 17.2 Å². The highest BCUT2D eigenvalue weighted by Crippen LogP contribution is 2.30. The van der Waals surface area contributed by atoms with Gasteiger partial charge in [-0.2, -0.15) is 13.1 Å². The number of carbonyl (C=O) groups is 2. The largest absolute Gasteiger partial charge is 0.691 e. The number of halogens is 2. The molecule has 10 heteroatoms. The zero-order valence-corrected chi connectivity index (χ0v) is 10.4. The van der Waals surface area contributed by atoms with Crippen molar-refractivity contribution in [1.82, 2.24) is 0 Å². The summed E-state index contributed by atoms with van der Waals surface area (Å²) < 4.78 is 33.6. The Hall–Kier alpha value is -1.75. The number of hydrogen-bond donors (Lipinski definition) is 1. The molecule has 0 aliphatic heterocycles. The maximum absolute atomic E-state index is 12.9. The molecule has 1 aromatic carbocycles. The minimum Gasteiger partial charge on any atom is -0.691 e. The van der Waals surface area contributed by atoms with E-state index in [4.69, 9.17) is 5.11 Å². The molecule has 1 rings (SSSR count). The molecule has 1 aromatic rings. The Labute approximate surface area is 115 Å². The van der Waals surface area contributed by atoms with Gasteiger partial charge in [-0.25, -0.2) is 9.59 Å². The number of carbonyl (C=O) groups excluding carboxylic acids is 1. The number of esters is 1. The Kier molecular flexibility index (Phi) is 5.82. The second-order valence-electron chi connectivity index (χ2n) is 3.32. The van der Waals surface area contributed by atoms with E-state index in [1.807, 2.05) is 0 Å². The number of alkyl halides is 2. The molecule has 110 valence electrons. The second kappa shape index (κ2) is 7.14. The van der Waals surface area contributed by atoms with Crippen LogP contribution in [-0.4, -0.2) is 28.9 Å². The van der Waals surface area contributed by atoms with E-state index in [0.717, 1.165) is 24.3 Å². The number of hydrogen-bond acceptors (Lipinski definition) is 7. The van der Waals surface area contributed by atoms with E-state index in [1.54, 1.807) is 0 Å². The summed E-state index contributed by atoms with van der Waals surface area (Å²) in [5.74, 6) is -2.27. The first-order valence-corrected chi connectivity index (χ1v) is 5.62. The Morgan fingerprint density at radius 3 is 2.30 bits per heavy atom. The lowest BCUT2D eigenvalue weighted by molar-refractivity contribution is -0.777. The monoisotopic (exact) mass is 309 g/mol. The van der Waals surface area contributed by atoms with Crippen LogP contribution in [0.5, 0.6) is 0 Å². The van der Waals surface area contributed by atoms with Crippen molar-refractivity contribution in [2.45, 2.75) is 5.25 Å². The first-order chi connectivity index (χ1) is 9.35. The minimum absolute atomic E-state index is 0.0663. The zero-order chi connectivity index (χ0) is 15.2. The lowest BCUT2D eigenvalue weighted by atomic mass is 10.1. The summed E-state index contributed by atoms with van der Waals surface area (Å²) >= 11 is -0.601. The summed E-state index contributed by atoms with van der Waals surface area (Å²) in [5, 5.41) is 17.1. The molecule has 0 saturated carbocycles. The van der Waals surface area contributed by atoms with Gasteiger partial charge in [-0.1, -0.05) is 0 Å². The van der Waals surface area contributed by atoms with Gasteiger partial charge in [-0.3, -0.25) is 5.04 Å². The maximum atomic E-state index is 12.9. The number of benzene rings is 1. The normalized spacial score (nSPS) is 11.2. The van der Waals surface area contributed by atoms with Crippen LogP contribution in [0.4, 0.5) is 8.78 Å². The van der Waals surface area contributed by atoms with E-state index in [-0.39, 0.29) is 11.1 Å². The van der Waals surface area contributed by atoms with E-state index in [2.05, 4.69) is 14.1 Å². The highest BCUT2D eigenvalue weighted by atomic mass is 32.2. The molecule has 0 aliphatic rings. The lowest BCUT2D eigenvalue weighted by Crippen LogP contribution is -2.23. The van der Waals surface area contributed by atoms with Crippen molar-refractivity contribution in [2.24, 2.45) is 0 Å². The minimum atomic E-state index is -3.67. The van der Waals surface area contributed by atoms with Crippen LogP contribution in [0.15, 0.2) is 24.3 Å². The van der Waals surface area contributed by atoms with E-state index >= 15 is 0 Å². The van der Waals surface area contributed by atoms with E-state index in [0.29, 0.717) is 0 Å². The van der Waals surface area contributed by atoms with Crippen molar-refractivity contribution >= 4 is 24.0 Å². The van der Waals surface area contributed by atoms with Crippen molar-refractivity contribution in [3.63, 3.8) is 0 Å². The van der Waals surface area contributed by atoms with Gasteiger partial charge in [0.1, 0.15) is 12.0 Å². The van der Waals surface area contributed by atoms with Crippen molar-refractivity contribution in [1.29, 1.82) is 0 Å². The van der Waals surface area contributed by atoms with Crippen LogP contribution >= 0.6 is 12.0 Å². The van der Waals surface area contributed by atoms with Gasteiger partial charge < -0.3 is 15.1 Å². The molecule has 0 unspecified atom stereocenters. The van der Waals surface area contributed by atoms with Crippen LogP contribution in [0.1, 0.15) is 20.7 Å². The van der Waals surface area contributed by atoms with Gasteiger partial charge in [0.2, 0.25) is 0 Å². The molecule has 7 nitrogen and oxygen atoms in total. The Morgan fingerprint density at radius 1 is 1.25 bits per heavy atom. The fraction of sp³-hybridized carbons (Fsp3) is 0.200. The maximum Gasteiger partial charge on any atom is 0.354 e. The van der Waals surface area contributed by atoms with Crippen LogP contribution in [0, 0.1) is 0 Å². The smallest absolute Gasteiger partial charge is 0.354 e. The third-order valence-electron chi connectivity index (χ3n) is 1.92. The molecule has 0 spiro atoms. The molecular formula is C10H7F2O7S-. The molecule has 0 fully saturated rings. The molecule has 0 saturated heterocycles. The first-order valence-electron chi connectivity index (χ1n) is 4.88. The van der Waals surface area contributed by atoms with Gasteiger partial charge in [0.05, 0.1) is 11.1 Å². The van der Waals surface area contributed by atoms with E-state index < -0.39 is 35.8 Å². The van der Waals surface area contributed by atoms with Crippen molar-refractivity contribution in [3.05, 3.63) is 35.4 Å². The molecule has 0 radical (unpaired) electrons. The van der Waals surface area contributed by atoms with Crippen molar-refractivity contribution < 1.29 is 42.8 Å². The topological polar surface area (TPSA) is 105 Å². The first kappa shape index (κ1) is 16.3. The standard InChI is InChI=1S/C10H8F2O7S/c11-10(12,20-19-18-16)5-17-9(15)7-3-1-6(2-4-7)8(13)14/h1-4,16H,5H2,(H,13,14)/p-1. The number of carboxylic acids is 1. The lowest BCUT2D eigenvalue weighted by Gasteiger charge is -2.15. The highest BCUT2D eigenvalue weighted by molar-refractivity contribution is 7.95. The fourth-order valence-electron chi connectivity index (χ4n) is 1.07. The SMILES string of the molecule is O=C(O)c1ccc(C(=O)OCC(F)(F)SOO[O-])cc1. The zero-order valence-electron chi connectivity index (χ0n) is 9.58. The number of ether oxygens (including phenoxy) is 1. The van der Waals surface area contributed by atoms with Crippen LogP contribution in [-0.2, 0) is 14.1 Å². The summed E-state index contributed by atoms with van der Waals surface area (Å²) in [6.45, 7) is -1.35. The summed E-state index contributed by atoms with van der Waals surface area (Å²) in [5.41, 5.74) is -0.166. The van der Waals surface area contributed by atoms with Crippen LogP contribution in [0.3, 0.4) is 0 Å². The average molecular weight is 309 g/mol. The second-order valence-corrected chi connectivity index (χ2v) is 4.22. The summed E-state index contributed by atoms with van der Waals surface area (Å²) in [6.07, 6.45) is 0. The Balaban J connectivity index is 2.56. The Morgan fingerprint density at radius 2 is 1.80 bits per heavy atom. The van der Waals surface area contributed by atoms with E-state index in [9.17, 15) is 23.6 Å². The molecule has 1 N–H and O–H groups in total. The number of aromatic carboxylic acids is 1. The third kappa shape index (κ3) is 5.09. The van der Waals surface area contributed by atoms with Crippen LogP contribution in [0.2, 0.25) is 0 Å². The van der Waals surface area contributed by atoms with Gasteiger partial charge in [-0.15, -0.1) is 0 Å². The van der Waals surface area contributed by atoms with Crippen molar-refractivity contribution in [3.8, 4) is 0 Å². The molecular weight excluding hydrogens is 302 g/mol. The molecule has 0 atom stereocenters. The summed E-state index contributed by atoms with van der Waals surface area (Å²) in [4.78, 5) is 22.0. The molecule has 0 bridgehead atoms. The predicted octanol–water partition coefficient (Wildman–Crippen LogP) is 1.01. The highest BCUT2D eigenvalue weighted by Gasteiger charge is 2.34. The predicted molar refractivity (Wildman–Crippen MR) is 58.4 cm³/mol. The Bertz CT molecular complexity index is 477. The summed E-state index contributed by atoms with van der Waals surface area (Å²) in [7, 11) is 0.